The van der Waals surface area contributed by atoms with E-state index >= 15 is 0 Å². The first-order valence-corrected chi connectivity index (χ1v) is 7.25. The number of halogens is 1. The summed E-state index contributed by atoms with van der Waals surface area (Å²) in [4.78, 5) is 10.1. The van der Waals surface area contributed by atoms with Crippen LogP contribution in [0.4, 0.5) is 5.82 Å². The highest BCUT2D eigenvalue weighted by Crippen LogP contribution is 2.35. The van der Waals surface area contributed by atoms with Gasteiger partial charge in [0, 0.05) is 17.5 Å². The van der Waals surface area contributed by atoms with Crippen LogP contribution in [0.3, 0.4) is 0 Å². The van der Waals surface area contributed by atoms with Crippen LogP contribution < -0.4 is 10.1 Å². The van der Waals surface area contributed by atoms with Gasteiger partial charge >= 0.3 is 0 Å². The van der Waals surface area contributed by atoms with Crippen LogP contribution in [0.2, 0.25) is 5.02 Å². The molecule has 4 nitrogen and oxygen atoms in total. The molecule has 0 fully saturated rings. The van der Waals surface area contributed by atoms with Gasteiger partial charge in [-0.1, -0.05) is 11.6 Å². The zero-order valence-corrected chi connectivity index (χ0v) is 12.5. The fourth-order valence-corrected chi connectivity index (χ4v) is 2.97. The first-order valence-electron chi connectivity index (χ1n) is 6.00. The molecule has 2 heterocycles. The van der Waals surface area contributed by atoms with Crippen LogP contribution in [0.5, 0.6) is 5.75 Å². The van der Waals surface area contributed by atoms with E-state index in [1.165, 1.54) is 0 Å². The van der Waals surface area contributed by atoms with Crippen LogP contribution in [-0.4, -0.2) is 24.1 Å². The Hall–Kier alpha value is -1.85. The quantitative estimate of drug-likeness (QED) is 0.792. The number of hydrogen-bond donors (Lipinski definition) is 1. The Morgan fingerprint density at radius 3 is 2.85 bits per heavy atom. The molecule has 0 spiro atoms. The maximum atomic E-state index is 6.05. The number of rotatable bonds is 3. The normalized spacial score (nSPS) is 10.8. The maximum Gasteiger partial charge on any atom is 0.176 e. The summed E-state index contributed by atoms with van der Waals surface area (Å²) in [7, 11) is 3.48. The van der Waals surface area contributed by atoms with Gasteiger partial charge < -0.3 is 10.1 Å². The van der Waals surface area contributed by atoms with Gasteiger partial charge in [0.25, 0.3) is 0 Å². The molecule has 0 radical (unpaired) electrons. The Kier molecular flexibility index (Phi) is 3.46. The molecule has 102 valence electrons. The van der Waals surface area contributed by atoms with Gasteiger partial charge in [-0.3, -0.25) is 0 Å². The van der Waals surface area contributed by atoms with E-state index in [0.717, 1.165) is 27.3 Å². The Morgan fingerprint density at radius 2 is 2.10 bits per heavy atom. The Bertz CT molecular complexity index is 772. The van der Waals surface area contributed by atoms with E-state index in [4.69, 9.17) is 16.3 Å². The summed E-state index contributed by atoms with van der Waals surface area (Å²) in [5.74, 6) is 2.19. The molecule has 0 unspecified atom stereocenters. The molecule has 1 N–H and O–H groups in total. The zero-order valence-electron chi connectivity index (χ0n) is 11.0. The van der Waals surface area contributed by atoms with Crippen LogP contribution in [0.15, 0.2) is 29.6 Å². The minimum Gasteiger partial charge on any atom is -0.495 e. The van der Waals surface area contributed by atoms with Crippen molar-refractivity contribution in [3.05, 3.63) is 34.7 Å². The summed E-state index contributed by atoms with van der Waals surface area (Å²) < 4.78 is 5.33. The molecule has 0 aliphatic carbocycles. The average molecular weight is 306 g/mol. The van der Waals surface area contributed by atoms with Crippen LogP contribution in [0.1, 0.15) is 0 Å². The molecule has 2 aromatic heterocycles. The summed E-state index contributed by atoms with van der Waals surface area (Å²) in [5, 5.41) is 6.65. The van der Waals surface area contributed by atoms with Gasteiger partial charge in [0.15, 0.2) is 5.82 Å². The van der Waals surface area contributed by atoms with Crippen molar-refractivity contribution in [3.63, 3.8) is 0 Å². The van der Waals surface area contributed by atoms with Gasteiger partial charge in [0.2, 0.25) is 0 Å². The van der Waals surface area contributed by atoms with Crippen LogP contribution in [0, 0.1) is 0 Å². The molecule has 0 bridgehead atoms. The molecule has 0 amide bonds. The number of hydrogen-bond acceptors (Lipinski definition) is 5. The summed E-state index contributed by atoms with van der Waals surface area (Å²) in [6.07, 6.45) is 0. The number of benzene rings is 1. The fourth-order valence-electron chi connectivity index (χ4n) is 2.02. The second kappa shape index (κ2) is 5.26. The lowest BCUT2D eigenvalue weighted by molar-refractivity contribution is 0.418. The van der Waals surface area contributed by atoms with Crippen molar-refractivity contribution in [1.29, 1.82) is 0 Å². The Balaban J connectivity index is 2.27. The van der Waals surface area contributed by atoms with Crippen molar-refractivity contribution in [2.75, 3.05) is 19.5 Å². The van der Waals surface area contributed by atoms with E-state index in [9.17, 15) is 0 Å². The van der Waals surface area contributed by atoms with Crippen molar-refractivity contribution < 1.29 is 4.74 Å². The Morgan fingerprint density at radius 1 is 1.25 bits per heavy atom. The largest absolute Gasteiger partial charge is 0.495 e. The van der Waals surface area contributed by atoms with E-state index < -0.39 is 0 Å². The highest BCUT2D eigenvalue weighted by atomic mass is 35.5. The number of fused-ring (bicyclic) bond motifs is 1. The predicted octanol–water partition coefficient (Wildman–Crippen LogP) is 4.06. The van der Waals surface area contributed by atoms with E-state index in [2.05, 4.69) is 15.3 Å². The van der Waals surface area contributed by atoms with Gasteiger partial charge in [-0.25, -0.2) is 9.97 Å². The lowest BCUT2D eigenvalue weighted by Crippen LogP contribution is -1.98. The SMILES string of the molecule is CNc1nc(-c2sccc2OC)nc2cc(Cl)ccc12. The van der Waals surface area contributed by atoms with Crippen LogP contribution in [-0.2, 0) is 0 Å². The molecule has 20 heavy (non-hydrogen) atoms. The third-order valence-corrected chi connectivity index (χ3v) is 4.07. The van der Waals surface area contributed by atoms with Crippen molar-refractivity contribution in [2.45, 2.75) is 0 Å². The molecule has 6 heteroatoms. The molecule has 0 saturated heterocycles. The Labute approximate surface area is 125 Å². The average Bonchev–Trinajstić information content (AvgIpc) is 2.94. The first-order chi connectivity index (χ1) is 9.72. The number of methoxy groups -OCH3 is 1. The van der Waals surface area contributed by atoms with Crippen LogP contribution >= 0.6 is 22.9 Å². The van der Waals surface area contributed by atoms with Gasteiger partial charge in [-0.2, -0.15) is 0 Å². The minimum atomic E-state index is 0.635. The number of anilines is 1. The fraction of sp³-hybridized carbons (Fsp3) is 0.143. The summed E-state index contributed by atoms with van der Waals surface area (Å²) in [5.41, 5.74) is 0.808. The number of thiophene rings is 1. The van der Waals surface area contributed by atoms with Crippen molar-refractivity contribution in [2.24, 2.45) is 0 Å². The van der Waals surface area contributed by atoms with E-state index in [-0.39, 0.29) is 0 Å². The second-order valence-electron chi connectivity index (χ2n) is 4.13. The predicted molar refractivity (Wildman–Crippen MR) is 84.0 cm³/mol. The van der Waals surface area contributed by atoms with E-state index in [1.807, 2.05) is 36.7 Å². The lowest BCUT2D eigenvalue weighted by atomic mass is 10.2. The lowest BCUT2D eigenvalue weighted by Gasteiger charge is -2.08. The topological polar surface area (TPSA) is 47.0 Å². The molecular weight excluding hydrogens is 294 g/mol. The third kappa shape index (κ3) is 2.19. The molecule has 0 saturated carbocycles. The summed E-state index contributed by atoms with van der Waals surface area (Å²) in [6, 6.07) is 7.49. The van der Waals surface area contributed by atoms with E-state index in [1.54, 1.807) is 18.4 Å². The molecule has 0 atom stereocenters. The van der Waals surface area contributed by atoms with Gasteiger partial charge in [0.05, 0.1) is 12.6 Å². The number of aromatic nitrogens is 2. The zero-order chi connectivity index (χ0) is 14.1. The number of nitrogens with zero attached hydrogens (tertiary/aromatic N) is 2. The monoisotopic (exact) mass is 305 g/mol. The van der Waals surface area contributed by atoms with Gasteiger partial charge in [-0.05, 0) is 29.6 Å². The molecular formula is C14H12ClN3OS. The van der Waals surface area contributed by atoms with Crippen molar-refractivity contribution in [3.8, 4) is 16.5 Å². The first kappa shape index (κ1) is 13.1. The van der Waals surface area contributed by atoms with E-state index in [0.29, 0.717) is 10.8 Å². The molecule has 0 aliphatic heterocycles. The standard InChI is InChI=1S/C14H12ClN3OS/c1-16-13-9-4-3-8(15)7-10(9)17-14(18-13)12-11(19-2)5-6-20-12/h3-7H,1-2H3,(H,16,17,18). The third-order valence-electron chi connectivity index (χ3n) is 2.95. The summed E-state index contributed by atoms with van der Waals surface area (Å²) >= 11 is 7.60. The summed E-state index contributed by atoms with van der Waals surface area (Å²) in [6.45, 7) is 0. The minimum absolute atomic E-state index is 0.635. The van der Waals surface area contributed by atoms with Gasteiger partial charge in [-0.15, -0.1) is 11.3 Å². The van der Waals surface area contributed by atoms with Crippen molar-refractivity contribution >= 4 is 39.7 Å². The molecule has 0 aliphatic rings. The maximum absolute atomic E-state index is 6.05. The number of ether oxygens (including phenoxy) is 1. The molecule has 3 aromatic rings. The second-order valence-corrected chi connectivity index (χ2v) is 5.48. The van der Waals surface area contributed by atoms with Crippen LogP contribution in [0.25, 0.3) is 21.6 Å². The van der Waals surface area contributed by atoms with Crippen molar-refractivity contribution in [1.82, 2.24) is 9.97 Å². The smallest absolute Gasteiger partial charge is 0.176 e. The highest BCUT2D eigenvalue weighted by Gasteiger charge is 2.14. The molecule has 3 rings (SSSR count). The van der Waals surface area contributed by atoms with Gasteiger partial charge in [0.1, 0.15) is 16.4 Å². The number of nitrogens with one attached hydrogen (secondary N) is 1. The molecule has 1 aromatic carbocycles. The highest BCUT2D eigenvalue weighted by molar-refractivity contribution is 7.13.